The van der Waals surface area contributed by atoms with Gasteiger partial charge in [-0.1, -0.05) is 24.3 Å². The molecule has 7 heteroatoms. The van der Waals surface area contributed by atoms with Gasteiger partial charge < -0.3 is 5.73 Å². The lowest BCUT2D eigenvalue weighted by atomic mass is 10.0. The van der Waals surface area contributed by atoms with Crippen LogP contribution in [0.1, 0.15) is 24.1 Å². The van der Waals surface area contributed by atoms with E-state index in [0.717, 1.165) is 11.1 Å². The molecule has 0 spiro atoms. The Morgan fingerprint density at radius 3 is 2.76 bits per heavy atom. The van der Waals surface area contributed by atoms with Crippen molar-refractivity contribution in [2.45, 2.75) is 31.3 Å². The molecule has 1 unspecified atom stereocenters. The van der Waals surface area contributed by atoms with Crippen molar-refractivity contribution in [2.75, 3.05) is 6.54 Å². The summed E-state index contributed by atoms with van der Waals surface area (Å²) in [4.78, 5) is 0.149. The number of sulfonamides is 1. The van der Waals surface area contributed by atoms with E-state index in [1.54, 1.807) is 0 Å². The van der Waals surface area contributed by atoms with Crippen LogP contribution in [0, 0.1) is 6.92 Å². The number of aryl methyl sites for hydroxylation is 1. The zero-order chi connectivity index (χ0) is 15.5. The molecule has 0 fully saturated rings. The molecular formula is C14H20N4O2S. The maximum absolute atomic E-state index is 12.3. The largest absolute Gasteiger partial charge is 0.329 e. The van der Waals surface area contributed by atoms with Crippen LogP contribution in [-0.4, -0.2) is 24.7 Å². The molecule has 3 N–H and O–H groups in total. The Balaban J connectivity index is 2.18. The first-order valence-electron chi connectivity index (χ1n) is 6.74. The van der Waals surface area contributed by atoms with Crippen molar-refractivity contribution in [1.29, 1.82) is 0 Å². The summed E-state index contributed by atoms with van der Waals surface area (Å²) in [7, 11) is -3.60. The minimum atomic E-state index is -3.60. The highest BCUT2D eigenvalue weighted by Gasteiger charge is 2.20. The Morgan fingerprint density at radius 2 is 2.10 bits per heavy atom. The van der Waals surface area contributed by atoms with Gasteiger partial charge in [0, 0.05) is 18.8 Å². The molecular weight excluding hydrogens is 288 g/mol. The van der Waals surface area contributed by atoms with Gasteiger partial charge in [-0.25, -0.2) is 13.1 Å². The molecule has 0 saturated carbocycles. The Morgan fingerprint density at radius 1 is 1.38 bits per heavy atom. The molecule has 0 amide bonds. The first-order valence-corrected chi connectivity index (χ1v) is 8.23. The monoisotopic (exact) mass is 308 g/mol. The zero-order valence-corrected chi connectivity index (χ0v) is 13.0. The van der Waals surface area contributed by atoms with E-state index in [1.807, 2.05) is 38.1 Å². The van der Waals surface area contributed by atoms with Crippen molar-refractivity contribution in [3.8, 4) is 0 Å². The van der Waals surface area contributed by atoms with Crippen molar-refractivity contribution >= 4 is 10.0 Å². The maximum Gasteiger partial charge on any atom is 0.244 e. The second kappa shape index (κ2) is 6.38. The highest BCUT2D eigenvalue weighted by molar-refractivity contribution is 7.89. The fourth-order valence-electron chi connectivity index (χ4n) is 2.17. The second-order valence-corrected chi connectivity index (χ2v) is 6.64. The summed E-state index contributed by atoms with van der Waals surface area (Å²) < 4.78 is 28.9. The van der Waals surface area contributed by atoms with Crippen LogP contribution in [0.5, 0.6) is 0 Å². The molecule has 1 aromatic carbocycles. The van der Waals surface area contributed by atoms with Gasteiger partial charge in [-0.3, -0.25) is 4.68 Å². The van der Waals surface area contributed by atoms with Gasteiger partial charge in [0.15, 0.2) is 0 Å². The van der Waals surface area contributed by atoms with Crippen molar-refractivity contribution in [3.63, 3.8) is 0 Å². The first-order chi connectivity index (χ1) is 9.94. The summed E-state index contributed by atoms with van der Waals surface area (Å²) >= 11 is 0. The van der Waals surface area contributed by atoms with Crippen LogP contribution in [0.25, 0.3) is 0 Å². The molecule has 21 heavy (non-hydrogen) atoms. The number of nitrogens with one attached hydrogen (secondary N) is 1. The number of hydrogen-bond acceptors (Lipinski definition) is 4. The van der Waals surface area contributed by atoms with Crippen molar-refractivity contribution in [3.05, 3.63) is 47.8 Å². The smallest absolute Gasteiger partial charge is 0.244 e. The molecule has 1 aromatic heterocycles. The van der Waals surface area contributed by atoms with Gasteiger partial charge in [-0.2, -0.15) is 5.10 Å². The topological polar surface area (TPSA) is 90.0 Å². The minimum absolute atomic E-state index is 0.149. The molecule has 0 aliphatic rings. The molecule has 0 bridgehead atoms. The third-order valence-electron chi connectivity index (χ3n) is 3.26. The Labute approximate surface area is 125 Å². The van der Waals surface area contributed by atoms with Gasteiger partial charge in [0.2, 0.25) is 10.0 Å². The van der Waals surface area contributed by atoms with E-state index in [-0.39, 0.29) is 10.9 Å². The molecule has 114 valence electrons. The fourth-order valence-corrected chi connectivity index (χ4v) is 3.35. The maximum atomic E-state index is 12.3. The van der Waals surface area contributed by atoms with Crippen molar-refractivity contribution < 1.29 is 8.42 Å². The summed E-state index contributed by atoms with van der Waals surface area (Å²) in [5.41, 5.74) is 7.43. The third kappa shape index (κ3) is 3.69. The Hall–Kier alpha value is -1.70. The molecule has 1 heterocycles. The van der Waals surface area contributed by atoms with E-state index in [1.165, 1.54) is 17.1 Å². The van der Waals surface area contributed by atoms with Gasteiger partial charge in [-0.05, 0) is 25.0 Å². The third-order valence-corrected chi connectivity index (χ3v) is 4.76. The first kappa shape index (κ1) is 15.7. The number of nitrogens with zero attached hydrogens (tertiary/aromatic N) is 2. The number of hydrogen-bond donors (Lipinski definition) is 2. The van der Waals surface area contributed by atoms with Gasteiger partial charge in [-0.15, -0.1) is 0 Å². The molecule has 0 saturated heterocycles. The van der Waals surface area contributed by atoms with E-state index < -0.39 is 10.0 Å². The van der Waals surface area contributed by atoms with Crippen molar-refractivity contribution in [1.82, 2.24) is 14.5 Å². The van der Waals surface area contributed by atoms with Gasteiger partial charge in [0.1, 0.15) is 4.90 Å². The Bertz CT molecular complexity index is 709. The average molecular weight is 308 g/mol. The summed E-state index contributed by atoms with van der Waals surface area (Å²) in [5, 5.41) is 3.99. The summed E-state index contributed by atoms with van der Waals surface area (Å²) in [6, 6.07) is 7.39. The SMILES string of the molecule is Cc1ccccc1C(C)NS(=O)(=O)c1cnn(CCN)c1. The predicted octanol–water partition coefficient (Wildman–Crippen LogP) is 1.19. The second-order valence-electron chi connectivity index (χ2n) is 4.93. The number of aromatic nitrogens is 2. The van der Waals surface area contributed by atoms with E-state index in [9.17, 15) is 8.42 Å². The zero-order valence-electron chi connectivity index (χ0n) is 12.2. The molecule has 1 atom stereocenters. The van der Waals surface area contributed by atoms with Crippen LogP contribution in [-0.2, 0) is 16.6 Å². The summed E-state index contributed by atoms with van der Waals surface area (Å²) in [6.07, 6.45) is 2.82. The van der Waals surface area contributed by atoms with Crippen LogP contribution in [0.15, 0.2) is 41.6 Å². The Kier molecular flexibility index (Phi) is 4.76. The minimum Gasteiger partial charge on any atom is -0.329 e. The van der Waals surface area contributed by atoms with E-state index in [2.05, 4.69) is 9.82 Å². The lowest BCUT2D eigenvalue weighted by molar-refractivity contribution is 0.565. The average Bonchev–Trinajstić information content (AvgIpc) is 2.88. The molecule has 0 aliphatic heterocycles. The lowest BCUT2D eigenvalue weighted by Gasteiger charge is -2.16. The number of rotatable bonds is 6. The van der Waals surface area contributed by atoms with Crippen LogP contribution < -0.4 is 10.5 Å². The van der Waals surface area contributed by atoms with Crippen LogP contribution in [0.3, 0.4) is 0 Å². The molecule has 2 rings (SSSR count). The normalized spacial score (nSPS) is 13.3. The van der Waals surface area contributed by atoms with Gasteiger partial charge >= 0.3 is 0 Å². The van der Waals surface area contributed by atoms with E-state index >= 15 is 0 Å². The van der Waals surface area contributed by atoms with Crippen molar-refractivity contribution in [2.24, 2.45) is 5.73 Å². The standard InChI is InChI=1S/C14H20N4O2S/c1-11-5-3-4-6-14(11)12(2)17-21(19,20)13-9-16-18(10-13)8-7-15/h3-6,9-10,12,17H,7-8,15H2,1-2H3. The quantitative estimate of drug-likeness (QED) is 0.839. The van der Waals surface area contributed by atoms with Crippen LogP contribution in [0.2, 0.25) is 0 Å². The molecule has 2 aromatic rings. The fraction of sp³-hybridized carbons (Fsp3) is 0.357. The molecule has 0 radical (unpaired) electrons. The number of nitrogens with two attached hydrogens (primary N) is 1. The predicted molar refractivity (Wildman–Crippen MR) is 81.2 cm³/mol. The van der Waals surface area contributed by atoms with Gasteiger partial charge in [0.05, 0.1) is 12.7 Å². The lowest BCUT2D eigenvalue weighted by Crippen LogP contribution is -2.27. The highest BCUT2D eigenvalue weighted by atomic mass is 32.2. The summed E-state index contributed by atoms with van der Waals surface area (Å²) in [6.45, 7) is 4.68. The van der Waals surface area contributed by atoms with E-state index in [0.29, 0.717) is 13.1 Å². The molecule has 0 aliphatic carbocycles. The molecule has 6 nitrogen and oxygen atoms in total. The van der Waals surface area contributed by atoms with Crippen LogP contribution >= 0.6 is 0 Å². The van der Waals surface area contributed by atoms with Crippen LogP contribution in [0.4, 0.5) is 0 Å². The highest BCUT2D eigenvalue weighted by Crippen LogP contribution is 2.19. The number of benzene rings is 1. The van der Waals surface area contributed by atoms with Gasteiger partial charge in [0.25, 0.3) is 0 Å². The summed E-state index contributed by atoms with van der Waals surface area (Å²) in [5.74, 6) is 0. The van der Waals surface area contributed by atoms with E-state index in [4.69, 9.17) is 5.73 Å².